The number of aromatic amines is 1. The summed E-state index contributed by atoms with van der Waals surface area (Å²) >= 11 is 0. The van der Waals surface area contributed by atoms with Crippen LogP contribution in [0.2, 0.25) is 0 Å². The van der Waals surface area contributed by atoms with Crippen LogP contribution in [-0.2, 0) is 16.1 Å². The second kappa shape index (κ2) is 7.65. The zero-order valence-electron chi connectivity index (χ0n) is 14.2. The first-order chi connectivity index (χ1) is 12.5. The Kier molecular flexibility index (Phi) is 5.12. The Morgan fingerprint density at radius 3 is 2.50 bits per heavy atom. The molecule has 0 aliphatic rings. The molecule has 0 fully saturated rings. The molecule has 2 aromatic carbocycles. The fraction of sp³-hybridized carbons (Fsp3) is 0.150. The van der Waals surface area contributed by atoms with Crippen LogP contribution in [0, 0.1) is 0 Å². The van der Waals surface area contributed by atoms with E-state index in [9.17, 15) is 14.4 Å². The van der Waals surface area contributed by atoms with Crippen molar-refractivity contribution in [3.63, 3.8) is 0 Å². The van der Waals surface area contributed by atoms with E-state index in [1.54, 1.807) is 30.5 Å². The van der Waals surface area contributed by atoms with E-state index < -0.39 is 5.97 Å². The highest BCUT2D eigenvalue weighted by Crippen LogP contribution is 2.18. The molecule has 2 N–H and O–H groups in total. The van der Waals surface area contributed by atoms with Crippen LogP contribution in [0.1, 0.15) is 33.2 Å². The van der Waals surface area contributed by atoms with Gasteiger partial charge in [-0.3, -0.25) is 9.59 Å². The highest BCUT2D eigenvalue weighted by atomic mass is 16.5. The van der Waals surface area contributed by atoms with Crippen molar-refractivity contribution in [1.29, 1.82) is 0 Å². The first-order valence-electron chi connectivity index (χ1n) is 8.14. The number of rotatable bonds is 6. The average Bonchev–Trinajstić information content (AvgIpc) is 3.09. The number of para-hydroxylation sites is 1. The molecule has 0 aliphatic carbocycles. The van der Waals surface area contributed by atoms with Gasteiger partial charge in [0, 0.05) is 36.1 Å². The number of benzene rings is 2. The summed E-state index contributed by atoms with van der Waals surface area (Å²) in [6.45, 7) is 1.52. The lowest BCUT2D eigenvalue weighted by Crippen LogP contribution is -2.19. The largest absolute Gasteiger partial charge is 0.454 e. The predicted octanol–water partition coefficient (Wildman–Crippen LogP) is 2.84. The van der Waals surface area contributed by atoms with E-state index in [2.05, 4.69) is 10.3 Å². The van der Waals surface area contributed by atoms with Crippen molar-refractivity contribution >= 4 is 28.6 Å². The molecule has 0 atom stereocenters. The van der Waals surface area contributed by atoms with E-state index in [1.807, 2.05) is 24.3 Å². The maximum absolute atomic E-state index is 12.2. The molecule has 3 rings (SSSR count). The van der Waals surface area contributed by atoms with Gasteiger partial charge >= 0.3 is 5.97 Å². The lowest BCUT2D eigenvalue weighted by atomic mass is 10.1. The van der Waals surface area contributed by atoms with Gasteiger partial charge in [-0.2, -0.15) is 0 Å². The monoisotopic (exact) mass is 350 g/mol. The number of ketones is 1. The van der Waals surface area contributed by atoms with Crippen molar-refractivity contribution in [3.8, 4) is 0 Å². The molecule has 132 valence electrons. The molecule has 1 amide bonds. The van der Waals surface area contributed by atoms with Gasteiger partial charge in [0.15, 0.2) is 12.4 Å². The minimum absolute atomic E-state index is 0.116. The number of amides is 1. The number of fused-ring (bicyclic) bond motifs is 1. The van der Waals surface area contributed by atoms with Crippen LogP contribution in [0.3, 0.4) is 0 Å². The Morgan fingerprint density at radius 2 is 1.77 bits per heavy atom. The fourth-order valence-corrected chi connectivity index (χ4v) is 2.57. The fourth-order valence-electron chi connectivity index (χ4n) is 2.57. The Hall–Kier alpha value is -3.41. The highest BCUT2D eigenvalue weighted by molar-refractivity contribution is 6.05. The summed E-state index contributed by atoms with van der Waals surface area (Å²) in [5.41, 5.74) is 2.57. The number of carbonyl (C=O) groups excluding carboxylic acids is 3. The van der Waals surface area contributed by atoms with Crippen LogP contribution < -0.4 is 5.32 Å². The third-order valence-corrected chi connectivity index (χ3v) is 3.96. The van der Waals surface area contributed by atoms with Gasteiger partial charge in [-0.15, -0.1) is 0 Å². The number of esters is 1. The van der Waals surface area contributed by atoms with E-state index in [0.29, 0.717) is 17.7 Å². The molecule has 26 heavy (non-hydrogen) atoms. The van der Waals surface area contributed by atoms with Crippen molar-refractivity contribution in [2.45, 2.75) is 13.5 Å². The minimum atomic E-state index is -0.543. The highest BCUT2D eigenvalue weighted by Gasteiger charge is 2.15. The number of Topliss-reactive ketones (excluding diaryl/α,β-unsaturated/α-hetero) is 1. The summed E-state index contributed by atoms with van der Waals surface area (Å²) in [4.78, 5) is 38.3. The van der Waals surface area contributed by atoms with Gasteiger partial charge in [-0.25, -0.2) is 4.79 Å². The predicted molar refractivity (Wildman–Crippen MR) is 96.9 cm³/mol. The molecule has 1 heterocycles. The maximum atomic E-state index is 12.2. The third-order valence-electron chi connectivity index (χ3n) is 3.96. The second-order valence-electron chi connectivity index (χ2n) is 5.85. The number of H-pyrrole nitrogens is 1. The molecule has 0 bridgehead atoms. The lowest BCUT2D eigenvalue weighted by Gasteiger charge is -2.06. The molecule has 0 unspecified atom stereocenters. The van der Waals surface area contributed by atoms with Crippen LogP contribution in [0.5, 0.6) is 0 Å². The summed E-state index contributed by atoms with van der Waals surface area (Å²) in [5, 5.41) is 3.44. The van der Waals surface area contributed by atoms with Crippen LogP contribution in [-0.4, -0.2) is 29.3 Å². The quantitative estimate of drug-likeness (QED) is 0.528. The maximum Gasteiger partial charge on any atom is 0.340 e. The third kappa shape index (κ3) is 3.97. The van der Waals surface area contributed by atoms with Crippen molar-refractivity contribution in [1.82, 2.24) is 10.3 Å². The Morgan fingerprint density at radius 1 is 1.04 bits per heavy atom. The molecular weight excluding hydrogens is 332 g/mol. The van der Waals surface area contributed by atoms with E-state index in [-0.39, 0.29) is 18.3 Å². The lowest BCUT2D eigenvalue weighted by molar-refractivity contribution is -0.119. The number of hydrogen-bond donors (Lipinski definition) is 2. The number of ether oxygens (including phenoxy) is 1. The molecule has 0 aliphatic heterocycles. The first-order valence-corrected chi connectivity index (χ1v) is 8.14. The van der Waals surface area contributed by atoms with Gasteiger partial charge in [0.25, 0.3) is 0 Å². The van der Waals surface area contributed by atoms with Crippen molar-refractivity contribution in [2.24, 2.45) is 0 Å². The van der Waals surface area contributed by atoms with Crippen LogP contribution in [0.4, 0.5) is 0 Å². The van der Waals surface area contributed by atoms with Gasteiger partial charge in [-0.1, -0.05) is 42.5 Å². The van der Waals surface area contributed by atoms with Crippen molar-refractivity contribution in [3.05, 3.63) is 71.4 Å². The van der Waals surface area contributed by atoms with E-state index in [4.69, 9.17) is 4.74 Å². The van der Waals surface area contributed by atoms with Gasteiger partial charge < -0.3 is 15.0 Å². The summed E-state index contributed by atoms with van der Waals surface area (Å²) in [6.07, 6.45) is 1.58. The number of nitrogens with one attached hydrogen (secondary N) is 2. The molecule has 0 spiro atoms. The Bertz CT molecular complexity index is 957. The Balaban J connectivity index is 1.59. The zero-order valence-corrected chi connectivity index (χ0v) is 14.2. The SMILES string of the molecule is CC(=O)NCc1ccc(C(=O)COC(=O)c2c[nH]c3ccccc23)cc1. The van der Waals surface area contributed by atoms with Gasteiger partial charge in [0.1, 0.15) is 0 Å². The summed E-state index contributed by atoms with van der Waals surface area (Å²) in [7, 11) is 0. The normalized spacial score (nSPS) is 10.5. The molecule has 0 saturated heterocycles. The number of aromatic nitrogens is 1. The molecule has 1 aromatic heterocycles. The van der Waals surface area contributed by atoms with Gasteiger partial charge in [0.05, 0.1) is 5.56 Å². The van der Waals surface area contributed by atoms with Crippen LogP contribution in [0.15, 0.2) is 54.7 Å². The average molecular weight is 350 g/mol. The second-order valence-corrected chi connectivity index (χ2v) is 5.85. The van der Waals surface area contributed by atoms with E-state index in [1.165, 1.54) is 6.92 Å². The standard InChI is InChI=1S/C20H18N2O4/c1-13(23)21-10-14-6-8-15(9-7-14)19(24)12-26-20(25)17-11-22-18-5-3-2-4-16(17)18/h2-9,11,22H,10,12H2,1H3,(H,21,23). The molecular formula is C20H18N2O4. The summed E-state index contributed by atoms with van der Waals surface area (Å²) < 4.78 is 5.15. The first kappa shape index (κ1) is 17.4. The molecule has 6 heteroatoms. The van der Waals surface area contributed by atoms with Crippen molar-refractivity contribution < 1.29 is 19.1 Å². The topological polar surface area (TPSA) is 88.3 Å². The molecule has 3 aromatic rings. The summed E-state index contributed by atoms with van der Waals surface area (Å²) in [6, 6.07) is 14.2. The number of hydrogen-bond acceptors (Lipinski definition) is 4. The smallest absolute Gasteiger partial charge is 0.340 e. The minimum Gasteiger partial charge on any atom is -0.454 e. The molecule has 0 radical (unpaired) electrons. The van der Waals surface area contributed by atoms with Crippen LogP contribution >= 0.6 is 0 Å². The van der Waals surface area contributed by atoms with Gasteiger partial charge in [0.2, 0.25) is 5.91 Å². The Labute approximate surface area is 150 Å². The summed E-state index contributed by atoms with van der Waals surface area (Å²) in [5.74, 6) is -0.948. The van der Waals surface area contributed by atoms with E-state index >= 15 is 0 Å². The van der Waals surface area contributed by atoms with Gasteiger partial charge in [-0.05, 0) is 11.6 Å². The number of carbonyl (C=O) groups is 3. The molecule has 0 saturated carbocycles. The van der Waals surface area contributed by atoms with Crippen LogP contribution in [0.25, 0.3) is 10.9 Å². The van der Waals surface area contributed by atoms with E-state index in [0.717, 1.165) is 16.5 Å². The molecule has 6 nitrogen and oxygen atoms in total. The van der Waals surface area contributed by atoms with Crippen molar-refractivity contribution in [2.75, 3.05) is 6.61 Å². The zero-order chi connectivity index (χ0) is 18.5.